The Morgan fingerprint density at radius 2 is 1.02 bits per heavy atom. The summed E-state index contributed by atoms with van der Waals surface area (Å²) in [5.41, 5.74) is 7.34. The van der Waals surface area contributed by atoms with Crippen molar-refractivity contribution in [3.05, 3.63) is 160 Å². The zero-order valence-corrected chi connectivity index (χ0v) is 24.4. The first-order chi connectivity index (χ1) is 20.1. The number of aryl methyl sites for hydroxylation is 1. The fourth-order valence-corrected chi connectivity index (χ4v) is 4.52. The van der Waals surface area contributed by atoms with E-state index in [0.29, 0.717) is 17.5 Å². The lowest BCUT2D eigenvalue weighted by molar-refractivity contribution is 0.436. The largest absolute Gasteiger partial charge is 0.309 e. The van der Waals surface area contributed by atoms with Crippen molar-refractivity contribution in [1.29, 1.82) is 0 Å². The third-order valence-electron chi connectivity index (χ3n) is 7.14. The second kappa shape index (κ2) is 13.3. The van der Waals surface area contributed by atoms with Gasteiger partial charge in [-0.15, -0.1) is 0 Å². The van der Waals surface area contributed by atoms with Gasteiger partial charge >= 0.3 is 0 Å². The Morgan fingerprint density at radius 1 is 0.548 bits per heavy atom. The van der Waals surface area contributed by atoms with Crippen molar-refractivity contribution in [1.82, 2.24) is 0 Å². The quantitative estimate of drug-likeness (QED) is 0.0886. The molecule has 4 aromatic rings. The number of rotatable bonds is 8. The van der Waals surface area contributed by atoms with Gasteiger partial charge in [0.15, 0.2) is 23.3 Å². The molecule has 0 unspecified atom stereocenters. The maximum atomic E-state index is 15.1. The average molecular weight is 568 g/mol. The molecule has 0 radical (unpaired) electrons. The SMILES string of the molecule is C/C(=C\C=C(/C)N(c1ccc(/C(C)=C/C=C(\C)c2ccc(C)cc2)cc1)c1c(F)cc(F)c(F)c1F)c1ccccc1. The minimum absolute atomic E-state index is 0.364. The standard InChI is InChI=1S/C37H33F4N/c1-24-11-17-30(18-12-24)25(2)13-14-26(3)31-19-21-32(22-20-31)42(37-34(39)23-33(38)35(40)36(37)41)28(5)16-15-27(4)29-9-7-6-8-10-29/h6-23H,1-5H3/b25-13+,26-14+,27-15+,28-16+. The van der Waals surface area contributed by atoms with Gasteiger partial charge in [-0.05, 0) is 86.2 Å². The summed E-state index contributed by atoms with van der Waals surface area (Å²) >= 11 is 0. The van der Waals surface area contributed by atoms with Crippen molar-refractivity contribution in [3.8, 4) is 0 Å². The Morgan fingerprint density at radius 3 is 1.57 bits per heavy atom. The van der Waals surface area contributed by atoms with Gasteiger partial charge in [-0.25, -0.2) is 17.6 Å². The Balaban J connectivity index is 1.72. The summed E-state index contributed by atoms with van der Waals surface area (Å²) in [4.78, 5) is 1.26. The van der Waals surface area contributed by atoms with Gasteiger partial charge in [0.1, 0.15) is 5.69 Å². The molecular formula is C37H33F4N. The summed E-state index contributed by atoms with van der Waals surface area (Å²) < 4.78 is 58.3. The minimum Gasteiger partial charge on any atom is -0.309 e. The van der Waals surface area contributed by atoms with Crippen molar-refractivity contribution in [3.63, 3.8) is 0 Å². The van der Waals surface area contributed by atoms with E-state index in [1.54, 1.807) is 25.1 Å². The molecule has 214 valence electrons. The van der Waals surface area contributed by atoms with Crippen LogP contribution in [0.2, 0.25) is 0 Å². The van der Waals surface area contributed by atoms with Crippen LogP contribution in [-0.4, -0.2) is 0 Å². The molecule has 0 heterocycles. The van der Waals surface area contributed by atoms with Gasteiger partial charge in [-0.1, -0.05) is 90.5 Å². The third-order valence-corrected chi connectivity index (χ3v) is 7.14. The highest BCUT2D eigenvalue weighted by molar-refractivity contribution is 5.75. The smallest absolute Gasteiger partial charge is 0.196 e. The number of halogens is 4. The molecule has 0 atom stereocenters. The Hall–Kier alpha value is -4.64. The minimum atomic E-state index is -1.73. The summed E-state index contributed by atoms with van der Waals surface area (Å²) in [6.07, 6.45) is 7.57. The van der Waals surface area contributed by atoms with Gasteiger partial charge in [0.2, 0.25) is 0 Å². The first-order valence-electron chi connectivity index (χ1n) is 13.6. The normalized spacial score (nSPS) is 13.0. The maximum Gasteiger partial charge on any atom is 0.196 e. The molecule has 0 saturated heterocycles. The maximum absolute atomic E-state index is 15.1. The Kier molecular flexibility index (Phi) is 9.64. The molecule has 0 bridgehead atoms. The van der Waals surface area contributed by atoms with Gasteiger partial charge in [-0.2, -0.15) is 0 Å². The zero-order chi connectivity index (χ0) is 30.4. The van der Waals surface area contributed by atoms with Crippen molar-refractivity contribution in [2.75, 3.05) is 4.90 Å². The predicted octanol–water partition coefficient (Wildman–Crippen LogP) is 11.2. The van der Waals surface area contributed by atoms with Crippen LogP contribution in [0.25, 0.3) is 16.7 Å². The van der Waals surface area contributed by atoms with E-state index in [1.165, 1.54) is 10.5 Å². The van der Waals surface area contributed by atoms with E-state index in [0.717, 1.165) is 33.4 Å². The number of benzene rings is 4. The van der Waals surface area contributed by atoms with Crippen LogP contribution in [0.1, 0.15) is 49.9 Å². The lowest BCUT2D eigenvalue weighted by Crippen LogP contribution is -2.19. The monoisotopic (exact) mass is 567 g/mol. The van der Waals surface area contributed by atoms with E-state index in [9.17, 15) is 8.78 Å². The molecule has 0 saturated carbocycles. The van der Waals surface area contributed by atoms with Crippen LogP contribution in [0, 0.1) is 30.2 Å². The molecule has 0 amide bonds. The number of anilines is 2. The molecule has 0 aromatic heterocycles. The van der Waals surface area contributed by atoms with Crippen LogP contribution in [0.5, 0.6) is 0 Å². The highest BCUT2D eigenvalue weighted by atomic mass is 19.2. The van der Waals surface area contributed by atoms with Gasteiger partial charge in [0, 0.05) is 17.5 Å². The summed E-state index contributed by atoms with van der Waals surface area (Å²) in [6.45, 7) is 9.65. The highest BCUT2D eigenvalue weighted by Crippen LogP contribution is 2.36. The van der Waals surface area contributed by atoms with E-state index >= 15 is 8.78 Å². The molecule has 0 aliphatic heterocycles. The van der Waals surface area contributed by atoms with Crippen LogP contribution in [0.3, 0.4) is 0 Å². The molecule has 1 nitrogen and oxygen atoms in total. The van der Waals surface area contributed by atoms with Crippen LogP contribution in [-0.2, 0) is 0 Å². The second-order valence-electron chi connectivity index (χ2n) is 10.3. The predicted molar refractivity (Wildman–Crippen MR) is 167 cm³/mol. The second-order valence-corrected chi connectivity index (χ2v) is 10.3. The van der Waals surface area contributed by atoms with E-state index in [4.69, 9.17) is 0 Å². The van der Waals surface area contributed by atoms with Gasteiger partial charge in [0.05, 0.1) is 0 Å². The molecule has 0 fully saturated rings. The van der Waals surface area contributed by atoms with Crippen LogP contribution in [0.4, 0.5) is 28.9 Å². The molecule has 4 aromatic carbocycles. The molecule has 0 N–H and O–H groups in total. The van der Waals surface area contributed by atoms with Gasteiger partial charge < -0.3 is 4.90 Å². The van der Waals surface area contributed by atoms with Gasteiger partial charge in [-0.3, -0.25) is 0 Å². The summed E-state index contributed by atoms with van der Waals surface area (Å²) in [6, 6.07) is 25.4. The van der Waals surface area contributed by atoms with Gasteiger partial charge in [0.25, 0.3) is 0 Å². The molecule has 5 heteroatoms. The molecule has 0 aliphatic carbocycles. The number of nitrogens with zero attached hydrogens (tertiary/aromatic N) is 1. The van der Waals surface area contributed by atoms with Crippen LogP contribution >= 0.6 is 0 Å². The lowest BCUT2D eigenvalue weighted by Gasteiger charge is -2.27. The fourth-order valence-electron chi connectivity index (χ4n) is 4.52. The first-order valence-corrected chi connectivity index (χ1v) is 13.6. The van der Waals surface area contributed by atoms with Crippen molar-refractivity contribution >= 4 is 28.1 Å². The molecule has 0 aliphatic rings. The summed E-state index contributed by atoms with van der Waals surface area (Å²) in [5.74, 6) is -6.12. The number of hydrogen-bond donors (Lipinski definition) is 0. The number of allylic oxidation sites excluding steroid dienone is 8. The topological polar surface area (TPSA) is 3.24 Å². The molecular weight excluding hydrogens is 534 g/mol. The van der Waals surface area contributed by atoms with Crippen molar-refractivity contribution in [2.45, 2.75) is 34.6 Å². The van der Waals surface area contributed by atoms with Crippen molar-refractivity contribution in [2.24, 2.45) is 0 Å². The molecule has 0 spiro atoms. The van der Waals surface area contributed by atoms with E-state index < -0.39 is 29.0 Å². The van der Waals surface area contributed by atoms with Crippen molar-refractivity contribution < 1.29 is 17.6 Å². The zero-order valence-electron chi connectivity index (χ0n) is 24.4. The van der Waals surface area contributed by atoms with Crippen LogP contribution < -0.4 is 4.90 Å². The summed E-state index contributed by atoms with van der Waals surface area (Å²) in [5, 5.41) is 0. The molecule has 42 heavy (non-hydrogen) atoms. The van der Waals surface area contributed by atoms with E-state index in [1.807, 2.05) is 88.4 Å². The Labute approximate surface area is 245 Å². The first kappa shape index (κ1) is 30.3. The number of hydrogen-bond acceptors (Lipinski definition) is 1. The molecule has 4 rings (SSSR count). The average Bonchev–Trinajstić information content (AvgIpc) is 3.00. The highest BCUT2D eigenvalue weighted by Gasteiger charge is 2.26. The fraction of sp³-hybridized carbons (Fsp3) is 0.135. The summed E-state index contributed by atoms with van der Waals surface area (Å²) in [7, 11) is 0. The van der Waals surface area contributed by atoms with E-state index in [2.05, 4.69) is 24.3 Å². The Bertz CT molecular complexity index is 1680. The lowest BCUT2D eigenvalue weighted by atomic mass is 10.0. The third kappa shape index (κ3) is 6.98. The van der Waals surface area contributed by atoms with Crippen LogP contribution in [0.15, 0.2) is 115 Å². The van der Waals surface area contributed by atoms with E-state index in [-0.39, 0.29) is 0 Å².